The Labute approximate surface area is 152 Å². The summed E-state index contributed by atoms with van der Waals surface area (Å²) >= 11 is 6.01. The first-order chi connectivity index (χ1) is 12.0. The van der Waals surface area contributed by atoms with Crippen LogP contribution >= 0.6 is 11.6 Å². The zero-order chi connectivity index (χ0) is 17.6. The third-order valence-corrected chi connectivity index (χ3v) is 6.22. The van der Waals surface area contributed by atoms with Crippen LogP contribution in [-0.4, -0.2) is 6.61 Å². The molecule has 4 rings (SSSR count). The standard InChI is InChI=1S/C21H21ClF2O/c1-13-8-9-21(11-14-2-4-16(22)5-3-14)15(10-13)12-25-20-18(24)7-6-17(23)19(20)21/h2-7,13,15H,8-12H2,1H3/t13-,15-,21+/m1/s1. The van der Waals surface area contributed by atoms with Gasteiger partial charge < -0.3 is 4.74 Å². The first kappa shape index (κ1) is 16.8. The molecule has 1 saturated carbocycles. The first-order valence-corrected chi connectivity index (χ1v) is 9.23. The number of rotatable bonds is 2. The largest absolute Gasteiger partial charge is 0.490 e. The Morgan fingerprint density at radius 3 is 2.60 bits per heavy atom. The monoisotopic (exact) mass is 362 g/mol. The fraction of sp³-hybridized carbons (Fsp3) is 0.429. The van der Waals surface area contributed by atoms with Crippen molar-refractivity contribution in [2.45, 2.75) is 38.0 Å². The van der Waals surface area contributed by atoms with Gasteiger partial charge in [0.05, 0.1) is 6.61 Å². The zero-order valence-corrected chi connectivity index (χ0v) is 15.0. The fourth-order valence-electron chi connectivity index (χ4n) is 4.70. The second-order valence-corrected chi connectivity index (χ2v) is 8.02. The minimum absolute atomic E-state index is 0.111. The molecule has 0 unspecified atom stereocenters. The molecule has 3 atom stereocenters. The number of halogens is 3. The van der Waals surface area contributed by atoms with Crippen molar-refractivity contribution in [3.05, 3.63) is 64.2 Å². The third-order valence-electron chi connectivity index (χ3n) is 5.97. The summed E-state index contributed by atoms with van der Waals surface area (Å²) in [7, 11) is 0. The highest BCUT2D eigenvalue weighted by Crippen LogP contribution is 2.54. The minimum Gasteiger partial charge on any atom is -0.490 e. The Bertz CT molecular complexity index is 789. The fourth-order valence-corrected chi connectivity index (χ4v) is 4.83. The molecule has 0 spiro atoms. The number of hydrogen-bond donors (Lipinski definition) is 0. The third kappa shape index (κ3) is 2.83. The van der Waals surface area contributed by atoms with Crippen molar-refractivity contribution in [3.8, 4) is 5.75 Å². The number of fused-ring (bicyclic) bond motifs is 3. The summed E-state index contributed by atoms with van der Waals surface area (Å²) in [6.45, 7) is 2.68. The van der Waals surface area contributed by atoms with Crippen LogP contribution in [0.5, 0.6) is 5.75 Å². The second kappa shape index (κ2) is 6.28. The van der Waals surface area contributed by atoms with E-state index in [1.54, 1.807) is 0 Å². The molecule has 2 aromatic rings. The van der Waals surface area contributed by atoms with Crippen LogP contribution in [0.2, 0.25) is 5.02 Å². The molecule has 1 fully saturated rings. The lowest BCUT2D eigenvalue weighted by Crippen LogP contribution is -2.48. The van der Waals surface area contributed by atoms with E-state index in [9.17, 15) is 8.78 Å². The van der Waals surface area contributed by atoms with Crippen LogP contribution in [-0.2, 0) is 11.8 Å². The van der Waals surface area contributed by atoms with Crippen molar-refractivity contribution in [1.82, 2.24) is 0 Å². The van der Waals surface area contributed by atoms with E-state index in [0.29, 0.717) is 29.5 Å². The van der Waals surface area contributed by atoms with Crippen molar-refractivity contribution >= 4 is 11.6 Å². The molecule has 0 bridgehead atoms. The molecule has 0 saturated heterocycles. The minimum atomic E-state index is -0.469. The molecule has 0 aromatic heterocycles. The molecule has 2 aromatic carbocycles. The SMILES string of the molecule is C[C@@H]1CC[C@@]2(Cc3ccc(Cl)cc3)c3c(F)ccc(F)c3OC[C@H]2C1. The maximum absolute atomic E-state index is 14.9. The van der Waals surface area contributed by atoms with Gasteiger partial charge in [-0.3, -0.25) is 0 Å². The molecule has 1 nitrogen and oxygen atoms in total. The van der Waals surface area contributed by atoms with Crippen molar-refractivity contribution in [3.63, 3.8) is 0 Å². The summed E-state index contributed by atoms with van der Waals surface area (Å²) in [6.07, 6.45) is 3.51. The van der Waals surface area contributed by atoms with Crippen LogP contribution in [0.3, 0.4) is 0 Å². The van der Waals surface area contributed by atoms with Crippen LogP contribution in [0.25, 0.3) is 0 Å². The Hall–Kier alpha value is -1.61. The molecule has 4 heteroatoms. The van der Waals surface area contributed by atoms with Gasteiger partial charge in [0.25, 0.3) is 0 Å². The van der Waals surface area contributed by atoms with E-state index in [-0.39, 0.29) is 17.5 Å². The van der Waals surface area contributed by atoms with E-state index in [1.165, 1.54) is 6.07 Å². The normalized spacial score (nSPS) is 28.0. The average Bonchev–Trinajstić information content (AvgIpc) is 2.60. The Morgan fingerprint density at radius 1 is 1.12 bits per heavy atom. The van der Waals surface area contributed by atoms with Gasteiger partial charge >= 0.3 is 0 Å². The summed E-state index contributed by atoms with van der Waals surface area (Å²) in [4.78, 5) is 0. The molecular formula is C21H21ClF2O. The van der Waals surface area contributed by atoms with Gasteiger partial charge in [-0.05, 0) is 61.4 Å². The van der Waals surface area contributed by atoms with Crippen LogP contribution in [0.15, 0.2) is 36.4 Å². The van der Waals surface area contributed by atoms with Crippen molar-refractivity contribution < 1.29 is 13.5 Å². The number of ether oxygens (including phenoxy) is 1. The van der Waals surface area contributed by atoms with E-state index in [1.807, 2.05) is 24.3 Å². The molecule has 1 aliphatic heterocycles. The molecule has 0 N–H and O–H groups in total. The summed E-state index contributed by atoms with van der Waals surface area (Å²) in [5, 5.41) is 0.680. The highest BCUT2D eigenvalue weighted by Gasteiger charge is 2.50. The Balaban J connectivity index is 1.85. The van der Waals surface area contributed by atoms with Crippen LogP contribution in [0, 0.1) is 23.5 Å². The Kier molecular flexibility index (Phi) is 4.23. The summed E-state index contributed by atoms with van der Waals surface area (Å²) in [5.74, 6) is 0.0502. The van der Waals surface area contributed by atoms with Crippen LogP contribution in [0.4, 0.5) is 8.78 Å². The van der Waals surface area contributed by atoms with E-state index in [4.69, 9.17) is 16.3 Å². The van der Waals surface area contributed by atoms with Gasteiger partial charge in [0, 0.05) is 21.9 Å². The number of benzene rings is 2. The lowest BCUT2D eigenvalue weighted by Gasteiger charge is -2.50. The predicted molar refractivity (Wildman–Crippen MR) is 95.2 cm³/mol. The van der Waals surface area contributed by atoms with Gasteiger partial charge in [0.15, 0.2) is 11.6 Å². The molecular weight excluding hydrogens is 342 g/mol. The quantitative estimate of drug-likeness (QED) is 0.643. The average molecular weight is 363 g/mol. The van der Waals surface area contributed by atoms with E-state index >= 15 is 0 Å². The Morgan fingerprint density at radius 2 is 1.84 bits per heavy atom. The first-order valence-electron chi connectivity index (χ1n) is 8.85. The van der Waals surface area contributed by atoms with E-state index in [2.05, 4.69) is 6.92 Å². The van der Waals surface area contributed by atoms with Gasteiger partial charge in [-0.1, -0.05) is 30.7 Å². The maximum atomic E-state index is 14.9. The van der Waals surface area contributed by atoms with Gasteiger partial charge in [-0.25, -0.2) is 8.78 Å². The maximum Gasteiger partial charge on any atom is 0.165 e. The van der Waals surface area contributed by atoms with Crippen LogP contribution < -0.4 is 4.74 Å². The number of hydrogen-bond acceptors (Lipinski definition) is 1. The molecule has 1 heterocycles. The van der Waals surface area contributed by atoms with Gasteiger partial charge in [0.1, 0.15) is 5.82 Å². The predicted octanol–water partition coefficient (Wildman–Crippen LogP) is 5.93. The topological polar surface area (TPSA) is 9.23 Å². The van der Waals surface area contributed by atoms with Crippen molar-refractivity contribution in [2.24, 2.45) is 11.8 Å². The summed E-state index contributed by atoms with van der Waals surface area (Å²) < 4.78 is 34.9. The zero-order valence-electron chi connectivity index (χ0n) is 14.2. The molecule has 25 heavy (non-hydrogen) atoms. The van der Waals surface area contributed by atoms with Crippen molar-refractivity contribution in [2.75, 3.05) is 6.61 Å². The highest BCUT2D eigenvalue weighted by molar-refractivity contribution is 6.30. The smallest absolute Gasteiger partial charge is 0.165 e. The second-order valence-electron chi connectivity index (χ2n) is 7.58. The van der Waals surface area contributed by atoms with Gasteiger partial charge in [0.2, 0.25) is 0 Å². The molecule has 0 amide bonds. The lowest BCUT2D eigenvalue weighted by atomic mass is 9.57. The molecule has 2 aliphatic rings. The van der Waals surface area contributed by atoms with E-state index in [0.717, 1.165) is 30.9 Å². The summed E-state index contributed by atoms with van der Waals surface area (Å²) in [6, 6.07) is 10.1. The molecule has 1 aliphatic carbocycles. The lowest BCUT2D eigenvalue weighted by molar-refractivity contribution is 0.0584. The van der Waals surface area contributed by atoms with Gasteiger partial charge in [-0.2, -0.15) is 0 Å². The molecule has 0 radical (unpaired) electrons. The van der Waals surface area contributed by atoms with Crippen molar-refractivity contribution in [1.29, 1.82) is 0 Å². The molecule has 132 valence electrons. The van der Waals surface area contributed by atoms with Gasteiger partial charge in [-0.15, -0.1) is 0 Å². The summed E-state index contributed by atoms with van der Waals surface area (Å²) in [5.41, 5.74) is 1.12. The van der Waals surface area contributed by atoms with Crippen LogP contribution in [0.1, 0.15) is 37.3 Å². The van der Waals surface area contributed by atoms with E-state index < -0.39 is 11.2 Å². The highest BCUT2D eigenvalue weighted by atomic mass is 35.5.